The lowest BCUT2D eigenvalue weighted by molar-refractivity contribution is 0.934. The van der Waals surface area contributed by atoms with Crippen LogP contribution < -0.4 is 0 Å². The summed E-state index contributed by atoms with van der Waals surface area (Å²) >= 11 is 0. The van der Waals surface area contributed by atoms with Crippen LogP contribution in [0.3, 0.4) is 0 Å². The van der Waals surface area contributed by atoms with Crippen molar-refractivity contribution in [3.05, 3.63) is 47.1 Å². The third-order valence-electron chi connectivity index (χ3n) is 2.42. The van der Waals surface area contributed by atoms with E-state index in [2.05, 4.69) is 44.2 Å². The monoisotopic (exact) mass is 144 g/mol. The number of rotatable bonds is 0. The van der Waals surface area contributed by atoms with Gasteiger partial charge < -0.3 is 0 Å². The minimum absolute atomic E-state index is 0.583. The maximum Gasteiger partial charge on any atom is 0.0234 e. The quantitative estimate of drug-likeness (QED) is 0.490. The zero-order chi connectivity index (χ0) is 7.84. The molecule has 0 aromatic heterocycles. The maximum atomic E-state index is 2.28. The SMILES string of the molecule is CC1=CC(C)=C2C=CC=CC12. The minimum Gasteiger partial charge on any atom is -0.0730 e. The zero-order valence-electron chi connectivity index (χ0n) is 6.96. The summed E-state index contributed by atoms with van der Waals surface area (Å²) < 4.78 is 0. The lowest BCUT2D eigenvalue weighted by atomic mass is 9.92. The average molecular weight is 144 g/mol. The molecule has 0 saturated carbocycles. The first-order chi connectivity index (χ1) is 5.29. The molecule has 1 unspecified atom stereocenters. The first kappa shape index (κ1) is 6.66. The summed E-state index contributed by atoms with van der Waals surface area (Å²) in [5.74, 6) is 0.583. The van der Waals surface area contributed by atoms with Gasteiger partial charge in [0, 0.05) is 5.92 Å². The highest BCUT2D eigenvalue weighted by Gasteiger charge is 2.19. The Kier molecular flexibility index (Phi) is 1.35. The van der Waals surface area contributed by atoms with Gasteiger partial charge in [0.25, 0.3) is 0 Å². The Bertz CT molecular complexity index is 298. The molecule has 2 aliphatic carbocycles. The van der Waals surface area contributed by atoms with E-state index in [1.165, 1.54) is 16.7 Å². The van der Waals surface area contributed by atoms with Gasteiger partial charge in [0.05, 0.1) is 0 Å². The van der Waals surface area contributed by atoms with E-state index in [0.29, 0.717) is 5.92 Å². The van der Waals surface area contributed by atoms with Crippen molar-refractivity contribution in [3.63, 3.8) is 0 Å². The van der Waals surface area contributed by atoms with Gasteiger partial charge in [-0.05, 0) is 25.0 Å². The van der Waals surface area contributed by atoms with Gasteiger partial charge in [0.15, 0.2) is 0 Å². The van der Waals surface area contributed by atoms with Crippen molar-refractivity contribution in [1.29, 1.82) is 0 Å². The molecule has 0 nitrogen and oxygen atoms in total. The van der Waals surface area contributed by atoms with Crippen LogP contribution in [-0.4, -0.2) is 0 Å². The fourth-order valence-corrected chi connectivity index (χ4v) is 1.83. The van der Waals surface area contributed by atoms with Crippen LogP contribution in [0.1, 0.15) is 13.8 Å². The molecule has 2 rings (SSSR count). The Morgan fingerprint density at radius 1 is 1.18 bits per heavy atom. The van der Waals surface area contributed by atoms with Crippen LogP contribution in [0.4, 0.5) is 0 Å². The molecule has 0 aromatic carbocycles. The van der Waals surface area contributed by atoms with Gasteiger partial charge in [-0.1, -0.05) is 36.0 Å². The normalized spacial score (nSPS) is 27.5. The highest BCUT2D eigenvalue weighted by atomic mass is 14.2. The predicted octanol–water partition coefficient (Wildman–Crippen LogP) is 3.01. The smallest absolute Gasteiger partial charge is 0.0234 e. The van der Waals surface area contributed by atoms with Crippen LogP contribution in [0, 0.1) is 5.92 Å². The molecule has 0 bridgehead atoms. The number of hydrogen-bond acceptors (Lipinski definition) is 0. The van der Waals surface area contributed by atoms with E-state index in [4.69, 9.17) is 0 Å². The molecule has 0 fully saturated rings. The topological polar surface area (TPSA) is 0 Å². The number of fused-ring (bicyclic) bond motifs is 1. The summed E-state index contributed by atoms with van der Waals surface area (Å²) in [5, 5.41) is 0. The van der Waals surface area contributed by atoms with E-state index >= 15 is 0 Å². The van der Waals surface area contributed by atoms with Crippen molar-refractivity contribution in [2.45, 2.75) is 13.8 Å². The molecule has 0 heterocycles. The van der Waals surface area contributed by atoms with E-state index in [1.807, 2.05) is 0 Å². The van der Waals surface area contributed by atoms with Crippen molar-refractivity contribution in [2.24, 2.45) is 5.92 Å². The molecule has 1 atom stereocenters. The lowest BCUT2D eigenvalue weighted by Gasteiger charge is -2.12. The molecule has 56 valence electrons. The molecule has 0 heteroatoms. The third kappa shape index (κ3) is 0.900. The second-order valence-electron chi connectivity index (χ2n) is 3.25. The van der Waals surface area contributed by atoms with Gasteiger partial charge in [-0.2, -0.15) is 0 Å². The van der Waals surface area contributed by atoms with Crippen molar-refractivity contribution in [1.82, 2.24) is 0 Å². The Morgan fingerprint density at radius 2 is 2.00 bits per heavy atom. The Hall–Kier alpha value is -1.04. The van der Waals surface area contributed by atoms with Gasteiger partial charge in [-0.3, -0.25) is 0 Å². The molecule has 0 N–H and O–H groups in total. The molecular formula is C11H12. The lowest BCUT2D eigenvalue weighted by Crippen LogP contribution is -1.99. The zero-order valence-corrected chi connectivity index (χ0v) is 6.96. The minimum atomic E-state index is 0.583. The van der Waals surface area contributed by atoms with Crippen LogP contribution >= 0.6 is 0 Å². The molecule has 2 aliphatic rings. The molecular weight excluding hydrogens is 132 g/mol. The third-order valence-corrected chi connectivity index (χ3v) is 2.42. The van der Waals surface area contributed by atoms with Gasteiger partial charge in [-0.25, -0.2) is 0 Å². The van der Waals surface area contributed by atoms with Crippen molar-refractivity contribution < 1.29 is 0 Å². The summed E-state index contributed by atoms with van der Waals surface area (Å²) in [6, 6.07) is 0. The van der Waals surface area contributed by atoms with E-state index in [9.17, 15) is 0 Å². The second-order valence-corrected chi connectivity index (χ2v) is 3.25. The largest absolute Gasteiger partial charge is 0.0730 e. The highest BCUT2D eigenvalue weighted by molar-refractivity contribution is 5.51. The first-order valence-electron chi connectivity index (χ1n) is 4.03. The van der Waals surface area contributed by atoms with E-state index in [0.717, 1.165) is 0 Å². The Labute approximate surface area is 67.6 Å². The molecule has 0 radical (unpaired) electrons. The second kappa shape index (κ2) is 2.23. The predicted molar refractivity (Wildman–Crippen MR) is 48.2 cm³/mol. The van der Waals surface area contributed by atoms with Gasteiger partial charge in [0.2, 0.25) is 0 Å². The van der Waals surface area contributed by atoms with Gasteiger partial charge in [0.1, 0.15) is 0 Å². The maximum absolute atomic E-state index is 2.28. The van der Waals surface area contributed by atoms with Crippen LogP contribution in [0.25, 0.3) is 0 Å². The van der Waals surface area contributed by atoms with Crippen LogP contribution in [-0.2, 0) is 0 Å². The standard InChI is InChI=1S/C11H12/c1-8-7-9(2)11-6-4-3-5-10(8)11/h3-7,10H,1-2H3. The summed E-state index contributed by atoms with van der Waals surface area (Å²) in [6.07, 6.45) is 11.0. The fourth-order valence-electron chi connectivity index (χ4n) is 1.83. The summed E-state index contributed by atoms with van der Waals surface area (Å²) in [7, 11) is 0. The summed E-state index contributed by atoms with van der Waals surface area (Å²) in [6.45, 7) is 4.38. The van der Waals surface area contributed by atoms with Crippen LogP contribution in [0.5, 0.6) is 0 Å². The number of hydrogen-bond donors (Lipinski definition) is 0. The van der Waals surface area contributed by atoms with Gasteiger partial charge >= 0.3 is 0 Å². The molecule has 0 aliphatic heterocycles. The first-order valence-corrected chi connectivity index (χ1v) is 4.03. The number of allylic oxidation sites excluding steroid dienone is 8. The highest BCUT2D eigenvalue weighted by Crippen LogP contribution is 2.34. The van der Waals surface area contributed by atoms with Crippen LogP contribution in [0.2, 0.25) is 0 Å². The van der Waals surface area contributed by atoms with Crippen LogP contribution in [0.15, 0.2) is 47.1 Å². The van der Waals surface area contributed by atoms with E-state index < -0.39 is 0 Å². The molecule has 11 heavy (non-hydrogen) atoms. The molecule has 0 spiro atoms. The Morgan fingerprint density at radius 3 is 2.73 bits per heavy atom. The molecule has 0 aromatic rings. The Balaban J connectivity index is 2.47. The van der Waals surface area contributed by atoms with E-state index in [1.54, 1.807) is 0 Å². The summed E-state index contributed by atoms with van der Waals surface area (Å²) in [5.41, 5.74) is 4.37. The fraction of sp³-hybridized carbons (Fsp3) is 0.273. The van der Waals surface area contributed by atoms with Crippen molar-refractivity contribution >= 4 is 0 Å². The van der Waals surface area contributed by atoms with Crippen molar-refractivity contribution in [3.8, 4) is 0 Å². The molecule has 0 amide bonds. The van der Waals surface area contributed by atoms with Gasteiger partial charge in [-0.15, -0.1) is 0 Å². The molecule has 0 saturated heterocycles. The van der Waals surface area contributed by atoms with E-state index in [-0.39, 0.29) is 0 Å². The summed E-state index contributed by atoms with van der Waals surface area (Å²) in [4.78, 5) is 0. The van der Waals surface area contributed by atoms with Crippen molar-refractivity contribution in [2.75, 3.05) is 0 Å². The average Bonchev–Trinajstić information content (AvgIpc) is 2.30.